The molecule has 45 heavy (non-hydrogen) atoms. The Morgan fingerprint density at radius 1 is 0.356 bits per heavy atom. The van der Waals surface area contributed by atoms with Crippen molar-refractivity contribution in [1.82, 2.24) is 19.9 Å². The molecule has 4 nitrogen and oxygen atoms in total. The molecule has 0 spiro atoms. The summed E-state index contributed by atoms with van der Waals surface area (Å²) in [5.74, 6) is 1.91. The summed E-state index contributed by atoms with van der Waals surface area (Å²) in [6.45, 7) is 2.09. The molecule has 4 heteroatoms. The second-order valence-electron chi connectivity index (χ2n) is 11.1. The molecule has 0 N–H and O–H groups in total. The highest BCUT2D eigenvalue weighted by molar-refractivity contribution is 6.12. The molecule has 0 bridgehead atoms. The molecule has 0 unspecified atom stereocenters. The summed E-state index contributed by atoms with van der Waals surface area (Å²) >= 11 is 0. The second-order valence-corrected chi connectivity index (χ2v) is 11.1. The van der Waals surface area contributed by atoms with Gasteiger partial charge in [-0.25, -0.2) is 15.0 Å². The predicted molar refractivity (Wildman–Crippen MR) is 185 cm³/mol. The Morgan fingerprint density at radius 2 is 0.933 bits per heavy atom. The summed E-state index contributed by atoms with van der Waals surface area (Å²) in [7, 11) is 0. The van der Waals surface area contributed by atoms with Gasteiger partial charge in [0.05, 0.1) is 5.69 Å². The number of rotatable bonds is 5. The fourth-order valence-corrected chi connectivity index (χ4v) is 6.04. The third-order valence-electron chi connectivity index (χ3n) is 8.28. The Labute approximate surface area is 261 Å². The first-order chi connectivity index (χ1) is 22.2. The maximum atomic E-state index is 5.10. The summed E-state index contributed by atoms with van der Waals surface area (Å²) in [5.41, 5.74) is 8.03. The molecule has 0 radical (unpaired) electrons. The van der Waals surface area contributed by atoms with E-state index in [9.17, 15) is 0 Å². The third kappa shape index (κ3) is 5.02. The van der Waals surface area contributed by atoms with Crippen LogP contribution in [0.15, 0.2) is 152 Å². The van der Waals surface area contributed by atoms with E-state index in [-0.39, 0.29) is 0 Å². The number of hydrogen-bond acceptors (Lipinski definition) is 4. The lowest BCUT2D eigenvalue weighted by Crippen LogP contribution is -2.00. The van der Waals surface area contributed by atoms with Gasteiger partial charge in [-0.1, -0.05) is 140 Å². The summed E-state index contributed by atoms with van der Waals surface area (Å²) < 4.78 is 0. The van der Waals surface area contributed by atoms with Gasteiger partial charge in [-0.3, -0.25) is 4.98 Å². The minimum atomic E-state index is 0.626. The molecule has 0 aliphatic rings. The summed E-state index contributed by atoms with van der Waals surface area (Å²) in [5, 5.41) is 5.00. The first kappa shape index (κ1) is 26.6. The van der Waals surface area contributed by atoms with Crippen molar-refractivity contribution in [3.8, 4) is 56.5 Å². The molecular weight excluding hydrogens is 548 g/mol. The summed E-state index contributed by atoms with van der Waals surface area (Å²) in [4.78, 5) is 19.8. The number of benzene rings is 6. The molecule has 0 fully saturated rings. The molecule has 212 valence electrons. The largest absolute Gasteiger partial charge is 0.252 e. The quantitative estimate of drug-likeness (QED) is 0.191. The lowest BCUT2D eigenvalue weighted by molar-refractivity contribution is 1.07. The topological polar surface area (TPSA) is 51.6 Å². The Bertz CT molecular complexity index is 2270. The Kier molecular flexibility index (Phi) is 6.65. The van der Waals surface area contributed by atoms with Gasteiger partial charge in [0.25, 0.3) is 0 Å². The van der Waals surface area contributed by atoms with Crippen LogP contribution in [-0.2, 0) is 0 Å². The minimum absolute atomic E-state index is 0.626. The molecule has 8 aromatic rings. The maximum Gasteiger partial charge on any atom is 0.164 e. The van der Waals surface area contributed by atoms with E-state index in [0.29, 0.717) is 17.5 Å². The molecule has 0 saturated carbocycles. The first-order valence-electron chi connectivity index (χ1n) is 15.1. The van der Waals surface area contributed by atoms with Gasteiger partial charge in [-0.2, -0.15) is 0 Å². The van der Waals surface area contributed by atoms with E-state index in [1.54, 1.807) is 0 Å². The van der Waals surface area contributed by atoms with Crippen molar-refractivity contribution in [1.29, 1.82) is 0 Å². The van der Waals surface area contributed by atoms with E-state index in [2.05, 4.69) is 85.8 Å². The van der Waals surface area contributed by atoms with Crippen LogP contribution in [0.4, 0.5) is 0 Å². The molecule has 2 aromatic heterocycles. The predicted octanol–water partition coefficient (Wildman–Crippen LogP) is 10.2. The standard InChI is InChI=1S/C41H28N4/c1-27-33(35-20-11-21-36-34-19-9-8-12-28(34)22-23-37(35)36)24-25-38(42-27)31-17-10-18-32(26-31)41-44-39(29-13-4-2-5-14-29)43-40(45-41)30-15-6-3-7-16-30/h2-26H,1H3. The number of aryl methyl sites for hydroxylation is 1. The van der Waals surface area contributed by atoms with E-state index >= 15 is 0 Å². The summed E-state index contributed by atoms with van der Waals surface area (Å²) in [6.07, 6.45) is 0. The van der Waals surface area contributed by atoms with E-state index in [1.807, 2.05) is 72.8 Å². The van der Waals surface area contributed by atoms with E-state index < -0.39 is 0 Å². The van der Waals surface area contributed by atoms with Gasteiger partial charge >= 0.3 is 0 Å². The normalized spacial score (nSPS) is 11.2. The van der Waals surface area contributed by atoms with Gasteiger partial charge in [0, 0.05) is 33.5 Å². The number of hydrogen-bond donors (Lipinski definition) is 0. The van der Waals surface area contributed by atoms with Gasteiger partial charge in [-0.05, 0) is 46.2 Å². The highest BCUT2D eigenvalue weighted by atomic mass is 15.0. The Balaban J connectivity index is 1.20. The molecular formula is C41H28N4. The molecule has 0 aliphatic heterocycles. The second kappa shape index (κ2) is 11.3. The molecule has 6 aromatic carbocycles. The monoisotopic (exact) mass is 576 g/mol. The first-order valence-corrected chi connectivity index (χ1v) is 15.1. The van der Waals surface area contributed by atoms with Gasteiger partial charge in [-0.15, -0.1) is 0 Å². The van der Waals surface area contributed by atoms with Crippen LogP contribution in [0.2, 0.25) is 0 Å². The Hall–Kier alpha value is -6.00. The SMILES string of the molecule is Cc1nc(-c2cccc(-c3nc(-c4ccccc4)nc(-c4ccccc4)n3)c2)ccc1-c1cccc2c1ccc1ccccc12. The zero-order valence-corrected chi connectivity index (χ0v) is 24.7. The van der Waals surface area contributed by atoms with E-state index in [1.165, 1.54) is 27.1 Å². The molecule has 0 aliphatic carbocycles. The molecule has 2 heterocycles. The van der Waals surface area contributed by atoms with Crippen LogP contribution in [0.5, 0.6) is 0 Å². The number of fused-ring (bicyclic) bond motifs is 3. The fraction of sp³-hybridized carbons (Fsp3) is 0.0244. The highest BCUT2D eigenvalue weighted by Crippen LogP contribution is 2.35. The summed E-state index contributed by atoms with van der Waals surface area (Å²) in [6, 6.07) is 52.2. The third-order valence-corrected chi connectivity index (χ3v) is 8.28. The lowest BCUT2D eigenvalue weighted by atomic mass is 9.94. The van der Waals surface area contributed by atoms with Crippen LogP contribution >= 0.6 is 0 Å². The van der Waals surface area contributed by atoms with Crippen molar-refractivity contribution in [3.63, 3.8) is 0 Å². The average molecular weight is 577 g/mol. The van der Waals surface area contributed by atoms with Crippen LogP contribution in [0, 0.1) is 6.92 Å². The van der Waals surface area contributed by atoms with Crippen molar-refractivity contribution in [2.45, 2.75) is 6.92 Å². The molecule has 0 saturated heterocycles. The van der Waals surface area contributed by atoms with Gasteiger partial charge in [0.15, 0.2) is 17.5 Å². The van der Waals surface area contributed by atoms with Crippen LogP contribution in [0.3, 0.4) is 0 Å². The van der Waals surface area contributed by atoms with E-state index in [4.69, 9.17) is 19.9 Å². The van der Waals surface area contributed by atoms with Gasteiger partial charge in [0.2, 0.25) is 0 Å². The van der Waals surface area contributed by atoms with E-state index in [0.717, 1.165) is 39.2 Å². The lowest BCUT2D eigenvalue weighted by Gasteiger charge is -2.13. The smallest absolute Gasteiger partial charge is 0.164 e. The molecule has 0 amide bonds. The van der Waals surface area contributed by atoms with Crippen molar-refractivity contribution in [2.75, 3.05) is 0 Å². The zero-order chi connectivity index (χ0) is 30.2. The van der Waals surface area contributed by atoms with Gasteiger partial charge in [0.1, 0.15) is 0 Å². The Morgan fingerprint density at radius 3 is 1.64 bits per heavy atom. The van der Waals surface area contributed by atoms with Crippen LogP contribution in [0.1, 0.15) is 5.69 Å². The molecule has 0 atom stereocenters. The molecule has 8 rings (SSSR count). The van der Waals surface area contributed by atoms with Crippen molar-refractivity contribution < 1.29 is 0 Å². The van der Waals surface area contributed by atoms with Crippen LogP contribution in [-0.4, -0.2) is 19.9 Å². The number of aromatic nitrogens is 4. The van der Waals surface area contributed by atoms with Crippen molar-refractivity contribution in [2.24, 2.45) is 0 Å². The zero-order valence-electron chi connectivity index (χ0n) is 24.7. The maximum absolute atomic E-state index is 5.10. The fourth-order valence-electron chi connectivity index (χ4n) is 6.04. The van der Waals surface area contributed by atoms with Gasteiger partial charge < -0.3 is 0 Å². The average Bonchev–Trinajstić information content (AvgIpc) is 3.12. The number of nitrogens with zero attached hydrogens (tertiary/aromatic N) is 4. The number of pyridine rings is 1. The van der Waals surface area contributed by atoms with Crippen LogP contribution in [0.25, 0.3) is 78.1 Å². The highest BCUT2D eigenvalue weighted by Gasteiger charge is 2.14. The minimum Gasteiger partial charge on any atom is -0.252 e. The van der Waals surface area contributed by atoms with Crippen molar-refractivity contribution >= 4 is 21.5 Å². The van der Waals surface area contributed by atoms with Crippen LogP contribution < -0.4 is 0 Å². The van der Waals surface area contributed by atoms with Crippen molar-refractivity contribution in [3.05, 3.63) is 157 Å².